The van der Waals surface area contributed by atoms with E-state index in [9.17, 15) is 33.6 Å². The number of hydrogen-bond donors (Lipinski definition) is 0. The SMILES string of the molecule is CC(=O)OCCN1C(=O)c2ccc(C(=O)c3ccc4c(c3)C(=O)N(CCOC(C)=O)C4=O)cc2C1=O. The quantitative estimate of drug-likeness (QED) is 0.302. The summed E-state index contributed by atoms with van der Waals surface area (Å²) in [5.41, 5.74) is 0.547. The van der Waals surface area contributed by atoms with Crippen LogP contribution in [0.2, 0.25) is 0 Å². The van der Waals surface area contributed by atoms with Gasteiger partial charge in [-0.1, -0.05) is 12.1 Å². The third kappa shape index (κ3) is 4.38. The fourth-order valence-corrected chi connectivity index (χ4v) is 4.00. The number of rotatable bonds is 8. The van der Waals surface area contributed by atoms with Gasteiger partial charge in [0.05, 0.1) is 35.3 Å². The Morgan fingerprint density at radius 2 is 0.972 bits per heavy atom. The van der Waals surface area contributed by atoms with E-state index in [1.54, 1.807) is 0 Å². The molecule has 4 rings (SSSR count). The lowest BCUT2D eigenvalue weighted by atomic mass is 9.96. The summed E-state index contributed by atoms with van der Waals surface area (Å²) in [4.78, 5) is 87.5. The molecule has 2 aliphatic heterocycles. The van der Waals surface area contributed by atoms with E-state index in [0.29, 0.717) is 0 Å². The second-order valence-electron chi connectivity index (χ2n) is 8.05. The lowest BCUT2D eigenvalue weighted by Gasteiger charge is -2.13. The van der Waals surface area contributed by atoms with Crippen LogP contribution in [0.5, 0.6) is 0 Å². The first kappa shape index (κ1) is 24.5. The van der Waals surface area contributed by atoms with Crippen molar-refractivity contribution in [2.75, 3.05) is 26.3 Å². The van der Waals surface area contributed by atoms with Gasteiger partial charge in [0.2, 0.25) is 0 Å². The van der Waals surface area contributed by atoms with Crippen LogP contribution in [0.3, 0.4) is 0 Å². The van der Waals surface area contributed by atoms with Gasteiger partial charge in [-0.15, -0.1) is 0 Å². The molecule has 184 valence electrons. The Morgan fingerprint density at radius 1 is 0.611 bits per heavy atom. The Balaban J connectivity index is 1.54. The van der Waals surface area contributed by atoms with Crippen molar-refractivity contribution in [2.45, 2.75) is 13.8 Å². The first-order valence-electron chi connectivity index (χ1n) is 10.9. The number of esters is 2. The Kier molecular flexibility index (Phi) is 6.47. The van der Waals surface area contributed by atoms with Crippen LogP contribution < -0.4 is 0 Å². The molecule has 0 N–H and O–H groups in total. The number of nitrogens with zero attached hydrogens (tertiary/aromatic N) is 2. The molecule has 0 radical (unpaired) electrons. The molecular weight excluding hydrogens is 472 g/mol. The smallest absolute Gasteiger partial charge is 0.302 e. The summed E-state index contributed by atoms with van der Waals surface area (Å²) in [6.45, 7) is 1.89. The van der Waals surface area contributed by atoms with Gasteiger partial charge in [-0.3, -0.25) is 43.4 Å². The van der Waals surface area contributed by atoms with Crippen molar-refractivity contribution in [2.24, 2.45) is 0 Å². The van der Waals surface area contributed by atoms with E-state index < -0.39 is 41.4 Å². The fourth-order valence-electron chi connectivity index (χ4n) is 4.00. The van der Waals surface area contributed by atoms with Crippen molar-refractivity contribution in [3.05, 3.63) is 69.8 Å². The zero-order chi connectivity index (χ0) is 26.1. The number of carbonyl (C=O) groups is 7. The summed E-state index contributed by atoms with van der Waals surface area (Å²) in [6.07, 6.45) is 0. The van der Waals surface area contributed by atoms with Gasteiger partial charge in [0.25, 0.3) is 23.6 Å². The third-order valence-corrected chi connectivity index (χ3v) is 5.71. The number of ether oxygens (including phenoxy) is 2. The Bertz CT molecular complexity index is 1260. The van der Waals surface area contributed by atoms with Crippen LogP contribution in [0.15, 0.2) is 36.4 Å². The molecule has 2 aromatic carbocycles. The van der Waals surface area contributed by atoms with E-state index in [0.717, 1.165) is 9.80 Å². The van der Waals surface area contributed by atoms with Crippen molar-refractivity contribution in [3.8, 4) is 0 Å². The molecule has 0 bridgehead atoms. The van der Waals surface area contributed by atoms with Gasteiger partial charge >= 0.3 is 11.9 Å². The highest BCUT2D eigenvalue weighted by atomic mass is 16.5. The van der Waals surface area contributed by atoms with Crippen molar-refractivity contribution in [1.82, 2.24) is 9.80 Å². The number of benzene rings is 2. The van der Waals surface area contributed by atoms with Crippen LogP contribution in [0.25, 0.3) is 0 Å². The van der Waals surface area contributed by atoms with Crippen LogP contribution >= 0.6 is 0 Å². The molecule has 2 aliphatic rings. The highest BCUT2D eigenvalue weighted by Crippen LogP contribution is 2.27. The predicted octanol–water partition coefficient (Wildman–Crippen LogP) is 1.24. The average molecular weight is 492 g/mol. The van der Waals surface area contributed by atoms with E-state index >= 15 is 0 Å². The maximum absolute atomic E-state index is 13.1. The van der Waals surface area contributed by atoms with Crippen LogP contribution in [-0.4, -0.2) is 77.5 Å². The van der Waals surface area contributed by atoms with E-state index in [-0.39, 0.29) is 59.7 Å². The Hall–Kier alpha value is -4.67. The molecule has 4 amide bonds. The summed E-state index contributed by atoms with van der Waals surface area (Å²) in [5.74, 6) is -3.95. The maximum Gasteiger partial charge on any atom is 0.302 e. The molecule has 0 fully saturated rings. The van der Waals surface area contributed by atoms with Crippen molar-refractivity contribution in [3.63, 3.8) is 0 Å². The molecule has 0 atom stereocenters. The monoisotopic (exact) mass is 492 g/mol. The van der Waals surface area contributed by atoms with Crippen LogP contribution in [-0.2, 0) is 19.1 Å². The zero-order valence-electron chi connectivity index (χ0n) is 19.4. The molecule has 0 saturated carbocycles. The first-order chi connectivity index (χ1) is 17.1. The predicted molar refractivity (Wildman–Crippen MR) is 120 cm³/mol. The zero-order valence-corrected chi connectivity index (χ0v) is 19.4. The minimum absolute atomic E-state index is 0.0396. The lowest BCUT2D eigenvalue weighted by molar-refractivity contribution is -0.142. The summed E-state index contributed by atoms with van der Waals surface area (Å²) < 4.78 is 9.59. The minimum atomic E-state index is -0.616. The first-order valence-corrected chi connectivity index (χ1v) is 10.9. The van der Waals surface area contributed by atoms with Crippen molar-refractivity contribution < 1.29 is 43.0 Å². The van der Waals surface area contributed by atoms with Gasteiger partial charge in [0.15, 0.2) is 5.78 Å². The molecule has 0 unspecified atom stereocenters. The standard InChI is InChI=1S/C25H20N2O9/c1-13(28)35-9-7-26-22(31)17-5-3-15(11-19(17)24(26)33)21(30)16-4-6-18-20(12-16)25(34)27(23(18)32)8-10-36-14(2)29/h3-6,11-12H,7-10H2,1-2H3. The van der Waals surface area contributed by atoms with Gasteiger partial charge < -0.3 is 9.47 Å². The highest BCUT2D eigenvalue weighted by Gasteiger charge is 2.37. The largest absolute Gasteiger partial charge is 0.464 e. The number of ketones is 1. The minimum Gasteiger partial charge on any atom is -0.464 e. The topological polar surface area (TPSA) is 144 Å². The number of fused-ring (bicyclic) bond motifs is 2. The summed E-state index contributed by atoms with van der Waals surface area (Å²) in [6, 6.07) is 8.13. The highest BCUT2D eigenvalue weighted by molar-refractivity contribution is 6.24. The normalized spacial score (nSPS) is 14.2. The van der Waals surface area contributed by atoms with Crippen molar-refractivity contribution >= 4 is 41.4 Å². The van der Waals surface area contributed by atoms with Crippen LogP contribution in [0.4, 0.5) is 0 Å². The Morgan fingerprint density at radius 3 is 1.33 bits per heavy atom. The van der Waals surface area contributed by atoms with E-state index in [4.69, 9.17) is 9.47 Å². The van der Waals surface area contributed by atoms with Crippen molar-refractivity contribution in [1.29, 1.82) is 0 Å². The molecule has 11 heteroatoms. The molecule has 0 aromatic heterocycles. The average Bonchev–Trinajstić information content (AvgIpc) is 3.22. The molecule has 0 aliphatic carbocycles. The number of carbonyl (C=O) groups excluding carboxylic acids is 7. The fraction of sp³-hybridized carbons (Fsp3) is 0.240. The molecule has 11 nitrogen and oxygen atoms in total. The van der Waals surface area contributed by atoms with E-state index in [1.807, 2.05) is 0 Å². The third-order valence-electron chi connectivity index (χ3n) is 5.71. The molecule has 2 heterocycles. The van der Waals surface area contributed by atoms with E-state index in [1.165, 1.54) is 50.2 Å². The Labute approximate surface area is 204 Å². The van der Waals surface area contributed by atoms with Crippen LogP contribution in [0.1, 0.15) is 71.2 Å². The van der Waals surface area contributed by atoms with E-state index in [2.05, 4.69) is 0 Å². The summed E-state index contributed by atoms with van der Waals surface area (Å²) >= 11 is 0. The lowest BCUT2D eigenvalue weighted by Crippen LogP contribution is -2.33. The molecule has 36 heavy (non-hydrogen) atoms. The maximum atomic E-state index is 13.1. The van der Waals surface area contributed by atoms with Gasteiger partial charge in [-0.25, -0.2) is 0 Å². The van der Waals surface area contributed by atoms with Gasteiger partial charge in [-0.05, 0) is 24.3 Å². The summed E-state index contributed by atoms with van der Waals surface area (Å²) in [7, 11) is 0. The molecule has 0 spiro atoms. The summed E-state index contributed by atoms with van der Waals surface area (Å²) in [5, 5.41) is 0. The molecular formula is C25H20N2O9. The van der Waals surface area contributed by atoms with Gasteiger partial charge in [0.1, 0.15) is 13.2 Å². The molecule has 2 aromatic rings. The van der Waals surface area contributed by atoms with Crippen LogP contribution in [0, 0.1) is 0 Å². The number of amides is 4. The molecule has 0 saturated heterocycles. The number of imide groups is 2. The van der Waals surface area contributed by atoms with Gasteiger partial charge in [0, 0.05) is 25.0 Å². The van der Waals surface area contributed by atoms with Gasteiger partial charge in [-0.2, -0.15) is 0 Å². The number of hydrogen-bond acceptors (Lipinski definition) is 9. The second kappa shape index (κ2) is 9.53. The second-order valence-corrected chi connectivity index (χ2v) is 8.05.